The first-order valence-electron chi connectivity index (χ1n) is 8.75. The molecule has 0 bridgehead atoms. The van der Waals surface area contributed by atoms with Gasteiger partial charge >= 0.3 is 5.97 Å². The summed E-state index contributed by atoms with van der Waals surface area (Å²) in [4.78, 5) is 29.6. The lowest BCUT2D eigenvalue weighted by Gasteiger charge is -2.12. The molecule has 1 N–H and O–H groups in total. The van der Waals surface area contributed by atoms with Crippen molar-refractivity contribution in [3.05, 3.63) is 40.5 Å². The van der Waals surface area contributed by atoms with E-state index in [1.54, 1.807) is 31.2 Å². The van der Waals surface area contributed by atoms with Gasteiger partial charge in [-0.2, -0.15) is 0 Å². The second-order valence-corrected chi connectivity index (χ2v) is 7.52. The minimum atomic E-state index is -0.500. The fourth-order valence-corrected chi connectivity index (χ4v) is 3.17. The van der Waals surface area contributed by atoms with Crippen molar-refractivity contribution in [2.24, 2.45) is 5.92 Å². The summed E-state index contributed by atoms with van der Waals surface area (Å²) < 4.78 is 7.02. The molecule has 2 aromatic rings. The molecular weight excluding hydrogens is 386 g/mol. The van der Waals surface area contributed by atoms with Crippen LogP contribution in [0.3, 0.4) is 0 Å². The number of rotatable bonds is 8. The molecule has 27 heavy (non-hydrogen) atoms. The number of carbonyl (C=O) groups is 2. The summed E-state index contributed by atoms with van der Waals surface area (Å²) in [6, 6.07) is 6.51. The average molecular weight is 410 g/mol. The smallest absolute Gasteiger partial charge is 0.358 e. The Morgan fingerprint density at radius 1 is 1.30 bits per heavy atom. The minimum Gasteiger partial charge on any atom is -0.461 e. The summed E-state index contributed by atoms with van der Waals surface area (Å²) in [5.74, 6) is -0.190. The van der Waals surface area contributed by atoms with Crippen molar-refractivity contribution in [3.63, 3.8) is 0 Å². The average Bonchev–Trinajstić information content (AvgIpc) is 2.97. The number of ether oxygens (including phenoxy) is 1. The van der Waals surface area contributed by atoms with E-state index in [9.17, 15) is 9.59 Å². The number of carbonyl (C=O) groups excluding carboxylic acids is 2. The first-order valence-corrected chi connectivity index (χ1v) is 10.4. The van der Waals surface area contributed by atoms with Gasteiger partial charge in [0, 0.05) is 17.1 Å². The normalized spacial score (nSPS) is 10.9. The topological polar surface area (TPSA) is 73.2 Å². The second-order valence-electron chi connectivity index (χ2n) is 6.31. The largest absolute Gasteiger partial charge is 0.461 e. The summed E-state index contributed by atoms with van der Waals surface area (Å²) in [6.07, 6.45) is 2.76. The van der Waals surface area contributed by atoms with Crippen molar-refractivity contribution < 1.29 is 14.3 Å². The molecule has 1 aromatic heterocycles. The fraction of sp³-hybridized carbons (Fsp3) is 0.421. The molecular formula is C19H24ClN3O3S. The van der Waals surface area contributed by atoms with Crippen LogP contribution in [0.2, 0.25) is 5.02 Å². The predicted molar refractivity (Wildman–Crippen MR) is 109 cm³/mol. The fourth-order valence-electron chi connectivity index (χ4n) is 2.46. The molecule has 2 rings (SSSR count). The van der Waals surface area contributed by atoms with Crippen molar-refractivity contribution in [1.29, 1.82) is 0 Å². The molecule has 6 nitrogen and oxygen atoms in total. The van der Waals surface area contributed by atoms with Crippen LogP contribution in [0.25, 0.3) is 0 Å². The van der Waals surface area contributed by atoms with Gasteiger partial charge in [-0.15, -0.1) is 0 Å². The van der Waals surface area contributed by atoms with Crippen molar-refractivity contribution in [3.8, 4) is 0 Å². The number of hydrogen-bond donors (Lipinski definition) is 1. The first-order chi connectivity index (χ1) is 12.9. The van der Waals surface area contributed by atoms with Gasteiger partial charge in [-0.25, -0.2) is 9.78 Å². The zero-order valence-corrected chi connectivity index (χ0v) is 17.5. The Labute approximate surface area is 168 Å². The quantitative estimate of drug-likeness (QED) is 0.503. The Balaban J connectivity index is 2.39. The van der Waals surface area contributed by atoms with Gasteiger partial charge in [-0.3, -0.25) is 4.79 Å². The summed E-state index contributed by atoms with van der Waals surface area (Å²) in [6.45, 7) is 6.83. The molecule has 8 heteroatoms. The lowest BCUT2D eigenvalue weighted by Crippen LogP contribution is -2.18. The number of nitrogens with one attached hydrogen (secondary N) is 1. The summed E-state index contributed by atoms with van der Waals surface area (Å²) in [7, 11) is 0. The number of anilines is 1. The number of esters is 1. The first kappa shape index (κ1) is 21.3. The zero-order chi connectivity index (χ0) is 20.0. The van der Waals surface area contributed by atoms with Crippen LogP contribution in [0.15, 0.2) is 29.4 Å². The van der Waals surface area contributed by atoms with Gasteiger partial charge in [0.25, 0.3) is 5.91 Å². The number of hydrogen-bond acceptors (Lipinski definition) is 5. The molecule has 0 saturated carbocycles. The Hall–Kier alpha value is -1.99. The molecule has 1 aromatic carbocycles. The van der Waals surface area contributed by atoms with E-state index in [0.717, 1.165) is 6.42 Å². The van der Waals surface area contributed by atoms with Gasteiger partial charge in [-0.1, -0.05) is 37.2 Å². The SMILES string of the molecule is CCOC(=O)c1c(NC(=O)c2ccc(Cl)cc2)nc(SC)n1CCC(C)C. The van der Waals surface area contributed by atoms with Crippen LogP contribution in [0.4, 0.5) is 5.82 Å². The van der Waals surface area contributed by atoms with E-state index in [1.807, 2.05) is 10.8 Å². The predicted octanol–water partition coefficient (Wildman–Crippen LogP) is 4.73. The standard InChI is InChI=1S/C19H24ClN3O3S/c1-5-26-18(25)15-16(21-17(24)13-6-8-14(20)9-7-13)22-19(27-4)23(15)11-10-12(2)3/h6-9,12H,5,10-11H2,1-4H3,(H,21,24). The highest BCUT2D eigenvalue weighted by molar-refractivity contribution is 7.98. The van der Waals surface area contributed by atoms with Crippen molar-refractivity contribution >= 4 is 41.1 Å². The lowest BCUT2D eigenvalue weighted by atomic mass is 10.1. The number of aromatic nitrogens is 2. The summed E-state index contributed by atoms with van der Waals surface area (Å²) in [5, 5.41) is 3.94. The van der Waals surface area contributed by atoms with Crippen molar-refractivity contribution in [1.82, 2.24) is 9.55 Å². The Bertz CT molecular complexity index is 803. The Morgan fingerprint density at radius 2 is 1.96 bits per heavy atom. The van der Waals surface area contributed by atoms with Crippen LogP contribution >= 0.6 is 23.4 Å². The van der Waals surface area contributed by atoms with Crippen LogP contribution < -0.4 is 5.32 Å². The van der Waals surface area contributed by atoms with E-state index in [4.69, 9.17) is 16.3 Å². The van der Waals surface area contributed by atoms with Gasteiger partial charge in [0.15, 0.2) is 16.7 Å². The van der Waals surface area contributed by atoms with Crippen LogP contribution in [0.5, 0.6) is 0 Å². The number of halogens is 1. The molecule has 0 radical (unpaired) electrons. The molecule has 0 spiro atoms. The van der Waals surface area contributed by atoms with Crippen LogP contribution in [-0.2, 0) is 11.3 Å². The lowest BCUT2D eigenvalue weighted by molar-refractivity contribution is 0.0513. The van der Waals surface area contributed by atoms with E-state index in [1.165, 1.54) is 11.8 Å². The molecule has 0 aliphatic carbocycles. The molecule has 0 aliphatic heterocycles. The number of benzene rings is 1. The summed E-state index contributed by atoms with van der Waals surface area (Å²) in [5.41, 5.74) is 0.695. The van der Waals surface area contributed by atoms with Gasteiger partial charge in [0.2, 0.25) is 0 Å². The highest BCUT2D eigenvalue weighted by Gasteiger charge is 2.25. The van der Waals surface area contributed by atoms with Crippen molar-refractivity contribution in [2.75, 3.05) is 18.2 Å². The highest BCUT2D eigenvalue weighted by Crippen LogP contribution is 2.26. The van der Waals surface area contributed by atoms with Gasteiger partial charge < -0.3 is 14.6 Å². The Kier molecular flexibility index (Phi) is 7.74. The molecule has 1 heterocycles. The molecule has 146 valence electrons. The van der Waals surface area contributed by atoms with E-state index in [2.05, 4.69) is 24.1 Å². The van der Waals surface area contributed by atoms with E-state index in [0.29, 0.717) is 28.2 Å². The van der Waals surface area contributed by atoms with Crippen LogP contribution in [0, 0.1) is 5.92 Å². The van der Waals surface area contributed by atoms with E-state index >= 15 is 0 Å². The highest BCUT2D eigenvalue weighted by atomic mass is 35.5. The van der Waals surface area contributed by atoms with E-state index < -0.39 is 5.97 Å². The van der Waals surface area contributed by atoms with E-state index in [-0.39, 0.29) is 24.0 Å². The zero-order valence-electron chi connectivity index (χ0n) is 15.9. The molecule has 0 unspecified atom stereocenters. The van der Waals surface area contributed by atoms with Crippen molar-refractivity contribution in [2.45, 2.75) is 38.9 Å². The molecule has 0 atom stereocenters. The maximum absolute atomic E-state index is 12.6. The monoisotopic (exact) mass is 409 g/mol. The Morgan fingerprint density at radius 3 is 2.52 bits per heavy atom. The number of amides is 1. The number of nitrogens with zero attached hydrogens (tertiary/aromatic N) is 2. The minimum absolute atomic E-state index is 0.210. The van der Waals surface area contributed by atoms with Crippen LogP contribution in [-0.4, -0.2) is 34.3 Å². The number of thioether (sulfide) groups is 1. The maximum Gasteiger partial charge on any atom is 0.358 e. The maximum atomic E-state index is 12.6. The molecule has 0 aliphatic rings. The van der Waals surface area contributed by atoms with Crippen LogP contribution in [0.1, 0.15) is 48.0 Å². The molecule has 0 fully saturated rings. The molecule has 0 saturated heterocycles. The molecule has 1 amide bonds. The van der Waals surface area contributed by atoms with Gasteiger partial charge in [-0.05, 0) is 49.8 Å². The third-order valence-corrected chi connectivity index (χ3v) is 4.78. The number of imidazole rings is 1. The van der Waals surface area contributed by atoms with Gasteiger partial charge in [0.05, 0.1) is 6.61 Å². The third kappa shape index (κ3) is 5.49. The second kappa shape index (κ2) is 9.80. The van der Waals surface area contributed by atoms with Gasteiger partial charge in [0.1, 0.15) is 0 Å². The summed E-state index contributed by atoms with van der Waals surface area (Å²) >= 11 is 7.29. The third-order valence-electron chi connectivity index (χ3n) is 3.85.